The minimum Gasteiger partial charge on any atom is -0.378 e. The summed E-state index contributed by atoms with van der Waals surface area (Å²) in [6, 6.07) is 9.02. The van der Waals surface area contributed by atoms with E-state index in [1.165, 1.54) is 34.0 Å². The quantitative estimate of drug-likeness (QED) is 0.653. The lowest BCUT2D eigenvalue weighted by atomic mass is 9.94. The summed E-state index contributed by atoms with van der Waals surface area (Å²) in [6.07, 6.45) is 0. The van der Waals surface area contributed by atoms with Gasteiger partial charge < -0.3 is 10.4 Å². The highest BCUT2D eigenvalue weighted by atomic mass is 32.1. The molecule has 3 aromatic heterocycles. The molecule has 22 heavy (non-hydrogen) atoms. The first-order chi connectivity index (χ1) is 10.7. The van der Waals surface area contributed by atoms with Gasteiger partial charge >= 0.3 is 6.03 Å². The van der Waals surface area contributed by atoms with Crippen LogP contribution in [0.3, 0.4) is 0 Å². The fourth-order valence-corrected chi connectivity index (χ4v) is 4.24. The standard InChI is InChI=1S/C15H14N2O2S3/c18-14(17-13-4-2-7-22-13)16-10-15(19,11-5-8-20-9-11)12-3-1-6-21-12/h1-9,19H,10H2,(H2,16,17,18)/t15-/m0/s1. The Morgan fingerprint density at radius 3 is 2.59 bits per heavy atom. The van der Waals surface area contributed by atoms with Crippen LogP contribution in [0, 0.1) is 0 Å². The van der Waals surface area contributed by atoms with E-state index in [4.69, 9.17) is 0 Å². The van der Waals surface area contributed by atoms with Gasteiger partial charge in [-0.1, -0.05) is 6.07 Å². The van der Waals surface area contributed by atoms with Crippen molar-refractivity contribution in [1.82, 2.24) is 5.32 Å². The van der Waals surface area contributed by atoms with Crippen molar-refractivity contribution in [2.24, 2.45) is 0 Å². The topological polar surface area (TPSA) is 61.4 Å². The van der Waals surface area contributed by atoms with Gasteiger partial charge in [0, 0.05) is 10.4 Å². The molecule has 0 bridgehead atoms. The summed E-state index contributed by atoms with van der Waals surface area (Å²) in [7, 11) is 0. The Labute approximate surface area is 140 Å². The van der Waals surface area contributed by atoms with Gasteiger partial charge in [0.25, 0.3) is 0 Å². The summed E-state index contributed by atoms with van der Waals surface area (Å²) in [5, 5.41) is 25.0. The average Bonchev–Trinajstić information content (AvgIpc) is 3.26. The number of thiophene rings is 3. The molecule has 0 aliphatic heterocycles. The van der Waals surface area contributed by atoms with Gasteiger partial charge in [-0.05, 0) is 45.8 Å². The lowest BCUT2D eigenvalue weighted by molar-refractivity contribution is 0.0871. The summed E-state index contributed by atoms with van der Waals surface area (Å²) < 4.78 is 0. The highest BCUT2D eigenvalue weighted by Crippen LogP contribution is 2.33. The van der Waals surface area contributed by atoms with Gasteiger partial charge in [-0.2, -0.15) is 11.3 Å². The van der Waals surface area contributed by atoms with Crippen LogP contribution in [0.1, 0.15) is 10.4 Å². The van der Waals surface area contributed by atoms with E-state index in [0.717, 1.165) is 15.4 Å². The number of carbonyl (C=O) groups excluding carboxylic acids is 1. The summed E-state index contributed by atoms with van der Waals surface area (Å²) in [5.74, 6) is 0. The maximum absolute atomic E-state index is 12.0. The predicted octanol–water partition coefficient (Wildman–Crippen LogP) is 3.93. The number of carbonyl (C=O) groups is 1. The molecule has 2 amide bonds. The molecule has 0 aliphatic carbocycles. The Kier molecular flexibility index (Phi) is 4.58. The Hall–Kier alpha value is -1.67. The normalized spacial score (nSPS) is 13.5. The highest BCUT2D eigenvalue weighted by molar-refractivity contribution is 7.14. The van der Waals surface area contributed by atoms with Crippen LogP contribution in [0.15, 0.2) is 51.9 Å². The smallest absolute Gasteiger partial charge is 0.319 e. The molecule has 0 saturated carbocycles. The molecule has 3 heterocycles. The zero-order valence-corrected chi connectivity index (χ0v) is 13.9. The fraction of sp³-hybridized carbons (Fsp3) is 0.133. The van der Waals surface area contributed by atoms with Gasteiger partial charge in [0.1, 0.15) is 5.60 Å². The molecule has 0 saturated heterocycles. The van der Waals surface area contributed by atoms with E-state index < -0.39 is 5.60 Å². The number of nitrogens with one attached hydrogen (secondary N) is 2. The first-order valence-corrected chi connectivity index (χ1v) is 9.26. The second-order valence-corrected chi connectivity index (χ2v) is 7.31. The number of hydrogen-bond acceptors (Lipinski definition) is 5. The SMILES string of the molecule is O=C(NC[C@](O)(c1ccsc1)c1cccs1)Nc1cccs1. The number of anilines is 1. The third-order valence-corrected chi connectivity index (χ3v) is 5.68. The monoisotopic (exact) mass is 350 g/mol. The van der Waals surface area contributed by atoms with Crippen LogP contribution in [0.2, 0.25) is 0 Å². The highest BCUT2D eigenvalue weighted by Gasteiger charge is 2.33. The van der Waals surface area contributed by atoms with Crippen LogP contribution in [0.5, 0.6) is 0 Å². The van der Waals surface area contributed by atoms with Crippen LogP contribution in [-0.2, 0) is 5.60 Å². The van der Waals surface area contributed by atoms with E-state index in [-0.39, 0.29) is 12.6 Å². The summed E-state index contributed by atoms with van der Waals surface area (Å²) in [4.78, 5) is 12.8. The van der Waals surface area contributed by atoms with Crippen molar-refractivity contribution in [3.05, 3.63) is 62.3 Å². The van der Waals surface area contributed by atoms with Crippen LogP contribution >= 0.6 is 34.0 Å². The van der Waals surface area contributed by atoms with Crippen molar-refractivity contribution in [2.75, 3.05) is 11.9 Å². The molecule has 3 N–H and O–H groups in total. The van der Waals surface area contributed by atoms with Gasteiger partial charge in [0.05, 0.1) is 11.5 Å². The molecule has 3 aromatic rings. The van der Waals surface area contributed by atoms with E-state index in [0.29, 0.717) is 0 Å². The summed E-state index contributed by atoms with van der Waals surface area (Å²) >= 11 is 4.44. The Bertz CT molecular complexity index is 672. The Balaban J connectivity index is 1.73. The van der Waals surface area contributed by atoms with Crippen LogP contribution < -0.4 is 10.6 Å². The third-order valence-electron chi connectivity index (χ3n) is 3.19. The summed E-state index contributed by atoms with van der Waals surface area (Å²) in [5.41, 5.74) is -0.419. The molecule has 7 heteroatoms. The second-order valence-electron chi connectivity index (χ2n) is 4.63. The van der Waals surface area contributed by atoms with Gasteiger partial charge in [0.2, 0.25) is 0 Å². The van der Waals surface area contributed by atoms with E-state index in [2.05, 4.69) is 10.6 Å². The van der Waals surface area contributed by atoms with E-state index in [1.807, 2.05) is 51.9 Å². The van der Waals surface area contributed by atoms with Gasteiger partial charge in [-0.3, -0.25) is 5.32 Å². The molecule has 0 aliphatic rings. The zero-order chi connectivity index (χ0) is 15.4. The number of amides is 2. The summed E-state index contributed by atoms with van der Waals surface area (Å²) in [6.45, 7) is 0.113. The number of rotatable bonds is 5. The molecule has 0 radical (unpaired) electrons. The second kappa shape index (κ2) is 6.62. The first-order valence-electron chi connectivity index (χ1n) is 6.56. The lowest BCUT2D eigenvalue weighted by Crippen LogP contribution is -2.42. The molecule has 0 aromatic carbocycles. The van der Waals surface area contributed by atoms with Gasteiger partial charge in [-0.15, -0.1) is 22.7 Å². The molecule has 0 unspecified atom stereocenters. The molecule has 4 nitrogen and oxygen atoms in total. The van der Waals surface area contributed by atoms with Crippen molar-refractivity contribution >= 4 is 45.0 Å². The fourth-order valence-electron chi connectivity index (χ4n) is 2.06. The molecule has 0 spiro atoms. The lowest BCUT2D eigenvalue weighted by Gasteiger charge is -2.26. The number of urea groups is 1. The average molecular weight is 350 g/mol. The maximum atomic E-state index is 12.0. The van der Waals surface area contributed by atoms with Crippen LogP contribution in [-0.4, -0.2) is 17.7 Å². The third kappa shape index (κ3) is 3.22. The molecule has 3 rings (SSSR count). The van der Waals surface area contributed by atoms with Crippen molar-refractivity contribution in [2.45, 2.75) is 5.60 Å². The van der Waals surface area contributed by atoms with Crippen LogP contribution in [0.4, 0.5) is 9.80 Å². The van der Waals surface area contributed by atoms with E-state index in [9.17, 15) is 9.90 Å². The number of aliphatic hydroxyl groups is 1. The first kappa shape index (κ1) is 15.2. The molecular weight excluding hydrogens is 336 g/mol. The van der Waals surface area contributed by atoms with Crippen molar-refractivity contribution in [3.8, 4) is 0 Å². The molecule has 1 atom stereocenters. The van der Waals surface area contributed by atoms with Crippen molar-refractivity contribution in [1.29, 1.82) is 0 Å². The molecule has 114 valence electrons. The minimum absolute atomic E-state index is 0.113. The van der Waals surface area contributed by atoms with E-state index in [1.54, 1.807) is 0 Å². The largest absolute Gasteiger partial charge is 0.378 e. The van der Waals surface area contributed by atoms with Crippen molar-refractivity contribution < 1.29 is 9.90 Å². The van der Waals surface area contributed by atoms with E-state index >= 15 is 0 Å². The van der Waals surface area contributed by atoms with Gasteiger partial charge in [-0.25, -0.2) is 4.79 Å². The molecular formula is C15H14N2O2S3. The Morgan fingerprint density at radius 2 is 1.95 bits per heavy atom. The van der Waals surface area contributed by atoms with Crippen LogP contribution in [0.25, 0.3) is 0 Å². The maximum Gasteiger partial charge on any atom is 0.319 e. The zero-order valence-electron chi connectivity index (χ0n) is 11.5. The van der Waals surface area contributed by atoms with Gasteiger partial charge in [0.15, 0.2) is 0 Å². The Morgan fingerprint density at radius 1 is 1.14 bits per heavy atom. The minimum atomic E-state index is -1.21. The predicted molar refractivity (Wildman–Crippen MR) is 93.0 cm³/mol. The van der Waals surface area contributed by atoms with Crippen molar-refractivity contribution in [3.63, 3.8) is 0 Å². The number of hydrogen-bond donors (Lipinski definition) is 3. The molecule has 0 fully saturated rings.